The quantitative estimate of drug-likeness (QED) is 0.347. The summed E-state index contributed by atoms with van der Waals surface area (Å²) >= 11 is 0. The number of ether oxygens (including phenoxy) is 1. The maximum absolute atomic E-state index is 11.7. The molecule has 2 aromatic rings. The molecule has 2 unspecified atom stereocenters. The van der Waals surface area contributed by atoms with E-state index >= 15 is 0 Å². The number of benzene rings is 2. The molecule has 2 atom stereocenters. The van der Waals surface area contributed by atoms with Crippen LogP contribution >= 0.6 is 0 Å². The van der Waals surface area contributed by atoms with Gasteiger partial charge in [-0.1, -0.05) is 60.7 Å². The Bertz CT molecular complexity index is 807. The predicted octanol–water partition coefficient (Wildman–Crippen LogP) is 2.46. The Labute approximate surface area is 185 Å². The molecule has 168 valence electrons. The summed E-state index contributed by atoms with van der Waals surface area (Å²) in [7, 11) is 0. The number of nitrogens with zero attached hydrogens (tertiary/aromatic N) is 1. The van der Waals surface area contributed by atoms with Crippen LogP contribution in [-0.4, -0.2) is 55.6 Å². The molecular formula is C25H35N3O3. The highest BCUT2D eigenvalue weighted by Crippen LogP contribution is 2.31. The van der Waals surface area contributed by atoms with Crippen molar-refractivity contribution in [1.29, 1.82) is 0 Å². The molecular weight excluding hydrogens is 390 g/mol. The van der Waals surface area contributed by atoms with Crippen molar-refractivity contribution in [3.05, 3.63) is 71.8 Å². The number of hydrogen-bond donors (Lipinski definition) is 4. The first-order chi connectivity index (χ1) is 15.1. The van der Waals surface area contributed by atoms with Crippen molar-refractivity contribution in [1.82, 2.24) is 10.6 Å². The van der Waals surface area contributed by atoms with Crippen molar-refractivity contribution in [3.63, 3.8) is 0 Å². The second-order valence-corrected chi connectivity index (χ2v) is 8.38. The van der Waals surface area contributed by atoms with Crippen LogP contribution < -0.4 is 10.6 Å². The molecule has 6 nitrogen and oxygen atoms in total. The van der Waals surface area contributed by atoms with Gasteiger partial charge >= 0.3 is 0 Å². The largest absolute Gasteiger partial charge is 0.396 e. The summed E-state index contributed by atoms with van der Waals surface area (Å²) in [5, 5.41) is 27.8. The predicted molar refractivity (Wildman–Crippen MR) is 124 cm³/mol. The smallest absolute Gasteiger partial charge is 0.191 e. The van der Waals surface area contributed by atoms with Gasteiger partial charge in [0.2, 0.25) is 0 Å². The molecule has 0 radical (unpaired) electrons. The topological polar surface area (TPSA) is 86.1 Å². The van der Waals surface area contributed by atoms with Crippen LogP contribution in [0.25, 0.3) is 0 Å². The van der Waals surface area contributed by atoms with Crippen LogP contribution in [0.2, 0.25) is 0 Å². The van der Waals surface area contributed by atoms with E-state index in [0.717, 1.165) is 30.7 Å². The summed E-state index contributed by atoms with van der Waals surface area (Å²) in [4.78, 5) is 4.75. The minimum atomic E-state index is -1.12. The third-order valence-corrected chi connectivity index (χ3v) is 5.95. The second-order valence-electron chi connectivity index (χ2n) is 8.38. The number of aliphatic hydroxyl groups is 2. The third kappa shape index (κ3) is 6.53. The van der Waals surface area contributed by atoms with Crippen molar-refractivity contribution < 1.29 is 14.9 Å². The maximum atomic E-state index is 11.7. The van der Waals surface area contributed by atoms with Gasteiger partial charge in [0.15, 0.2) is 5.96 Å². The van der Waals surface area contributed by atoms with Crippen LogP contribution in [0.15, 0.2) is 65.7 Å². The van der Waals surface area contributed by atoms with Gasteiger partial charge in [-0.15, -0.1) is 0 Å². The molecule has 0 amide bonds. The van der Waals surface area contributed by atoms with Crippen LogP contribution in [0.3, 0.4) is 0 Å². The Balaban J connectivity index is 1.77. The number of hydrogen-bond acceptors (Lipinski definition) is 4. The second kappa shape index (κ2) is 11.3. The minimum Gasteiger partial charge on any atom is -0.396 e. The van der Waals surface area contributed by atoms with Gasteiger partial charge in [-0.25, -0.2) is 4.99 Å². The fourth-order valence-corrected chi connectivity index (χ4v) is 4.07. The zero-order valence-electron chi connectivity index (χ0n) is 18.4. The normalized spacial score (nSPS) is 20.9. The molecule has 0 bridgehead atoms. The Kier molecular flexibility index (Phi) is 8.46. The van der Waals surface area contributed by atoms with E-state index in [9.17, 15) is 10.2 Å². The first-order valence-corrected chi connectivity index (χ1v) is 11.1. The summed E-state index contributed by atoms with van der Waals surface area (Å²) in [5.74, 6) is 0.661. The number of guanidine groups is 1. The van der Waals surface area contributed by atoms with Crippen molar-refractivity contribution in [2.75, 3.05) is 39.5 Å². The highest BCUT2D eigenvalue weighted by atomic mass is 16.5. The lowest BCUT2D eigenvalue weighted by molar-refractivity contribution is 0.0466. The van der Waals surface area contributed by atoms with E-state index in [-0.39, 0.29) is 18.6 Å². The SMILES string of the molecule is CCNC(=NCC(O)(Cc1ccccc1)c1ccccc1)NCC1(CCO)CCOC1. The van der Waals surface area contributed by atoms with E-state index in [0.29, 0.717) is 32.0 Å². The van der Waals surface area contributed by atoms with Crippen LogP contribution in [0.1, 0.15) is 30.9 Å². The van der Waals surface area contributed by atoms with Crippen molar-refractivity contribution in [2.24, 2.45) is 10.4 Å². The molecule has 0 spiro atoms. The molecule has 31 heavy (non-hydrogen) atoms. The minimum absolute atomic E-state index is 0.0787. The van der Waals surface area contributed by atoms with Gasteiger partial charge in [-0.2, -0.15) is 0 Å². The number of aliphatic hydroxyl groups excluding tert-OH is 1. The highest BCUT2D eigenvalue weighted by Gasteiger charge is 2.35. The maximum Gasteiger partial charge on any atom is 0.191 e. The lowest BCUT2D eigenvalue weighted by Gasteiger charge is -2.29. The Morgan fingerprint density at radius 3 is 2.42 bits per heavy atom. The van der Waals surface area contributed by atoms with Crippen LogP contribution in [0.4, 0.5) is 0 Å². The Morgan fingerprint density at radius 1 is 1.10 bits per heavy atom. The van der Waals surface area contributed by atoms with Crippen LogP contribution in [0.5, 0.6) is 0 Å². The molecule has 1 aliphatic heterocycles. The molecule has 2 aromatic carbocycles. The van der Waals surface area contributed by atoms with Gasteiger partial charge in [0.1, 0.15) is 5.60 Å². The molecule has 1 saturated heterocycles. The fourth-order valence-electron chi connectivity index (χ4n) is 4.07. The summed E-state index contributed by atoms with van der Waals surface area (Å²) in [6.45, 7) is 5.14. The van der Waals surface area contributed by atoms with Gasteiger partial charge in [0.25, 0.3) is 0 Å². The zero-order chi connectivity index (χ0) is 22.0. The third-order valence-electron chi connectivity index (χ3n) is 5.95. The Hall–Kier alpha value is -2.41. The standard InChI is InChI=1S/C25H35N3O3/c1-2-26-23(27-18-24(13-15-29)14-16-31-20-24)28-19-25(30,22-11-7-4-8-12-22)17-21-9-5-3-6-10-21/h3-12,29-30H,2,13-20H2,1H3,(H2,26,27,28). The fraction of sp³-hybridized carbons (Fsp3) is 0.480. The average Bonchev–Trinajstić information content (AvgIpc) is 3.26. The van der Waals surface area contributed by atoms with Gasteiger partial charge in [0, 0.05) is 38.1 Å². The number of aliphatic imine (C=N–C) groups is 1. The molecule has 1 fully saturated rings. The van der Waals surface area contributed by atoms with E-state index in [1.165, 1.54) is 0 Å². The first kappa shape index (κ1) is 23.3. The lowest BCUT2D eigenvalue weighted by Crippen LogP contribution is -2.45. The molecule has 6 heteroatoms. The van der Waals surface area contributed by atoms with E-state index in [1.54, 1.807) is 0 Å². The number of nitrogens with one attached hydrogen (secondary N) is 2. The van der Waals surface area contributed by atoms with E-state index in [4.69, 9.17) is 9.73 Å². The van der Waals surface area contributed by atoms with Crippen LogP contribution in [-0.2, 0) is 16.8 Å². The first-order valence-electron chi connectivity index (χ1n) is 11.1. The van der Waals surface area contributed by atoms with E-state index in [1.807, 2.05) is 67.6 Å². The Morgan fingerprint density at radius 2 is 1.81 bits per heavy atom. The lowest BCUT2D eigenvalue weighted by atomic mass is 9.84. The van der Waals surface area contributed by atoms with Crippen molar-refractivity contribution in [3.8, 4) is 0 Å². The molecule has 0 aromatic heterocycles. The highest BCUT2D eigenvalue weighted by molar-refractivity contribution is 5.79. The van der Waals surface area contributed by atoms with Crippen LogP contribution in [0, 0.1) is 5.41 Å². The van der Waals surface area contributed by atoms with Crippen molar-refractivity contribution in [2.45, 2.75) is 31.8 Å². The van der Waals surface area contributed by atoms with E-state index < -0.39 is 5.60 Å². The monoisotopic (exact) mass is 425 g/mol. The zero-order valence-corrected chi connectivity index (χ0v) is 18.4. The average molecular weight is 426 g/mol. The van der Waals surface area contributed by atoms with Crippen molar-refractivity contribution >= 4 is 5.96 Å². The molecule has 1 aliphatic rings. The molecule has 0 saturated carbocycles. The summed E-state index contributed by atoms with van der Waals surface area (Å²) < 4.78 is 5.59. The van der Waals surface area contributed by atoms with E-state index in [2.05, 4.69) is 10.6 Å². The molecule has 0 aliphatic carbocycles. The summed E-state index contributed by atoms with van der Waals surface area (Å²) in [6, 6.07) is 19.7. The summed E-state index contributed by atoms with van der Waals surface area (Å²) in [5.41, 5.74) is 0.709. The summed E-state index contributed by atoms with van der Waals surface area (Å²) in [6.07, 6.45) is 2.09. The molecule has 1 heterocycles. The molecule has 3 rings (SSSR count). The molecule has 4 N–H and O–H groups in total. The van der Waals surface area contributed by atoms with Gasteiger partial charge < -0.3 is 25.6 Å². The van der Waals surface area contributed by atoms with Gasteiger partial charge in [-0.3, -0.25) is 0 Å². The number of rotatable bonds is 10. The van der Waals surface area contributed by atoms with Gasteiger partial charge in [-0.05, 0) is 30.9 Å². The van der Waals surface area contributed by atoms with Gasteiger partial charge in [0.05, 0.1) is 13.2 Å².